The van der Waals surface area contributed by atoms with Gasteiger partial charge in [-0.1, -0.05) is 31.2 Å². The van der Waals surface area contributed by atoms with Crippen molar-refractivity contribution in [1.82, 2.24) is 19.5 Å². The lowest BCUT2D eigenvalue weighted by molar-refractivity contribution is 0.590. The first-order valence-corrected chi connectivity index (χ1v) is 12.0. The first-order chi connectivity index (χ1) is 16.0. The number of nitrogens with one attached hydrogen (secondary N) is 2. The monoisotopic (exact) mass is 459 g/mol. The summed E-state index contributed by atoms with van der Waals surface area (Å²) in [7, 11) is -3.98. The van der Waals surface area contributed by atoms with Crippen molar-refractivity contribution in [3.8, 4) is 0 Å². The highest BCUT2D eigenvalue weighted by atomic mass is 32.2. The Morgan fingerprint density at radius 1 is 1.03 bits per heavy atom. The number of H-pyrrole nitrogens is 1. The topological polar surface area (TPSA) is 110 Å². The molecule has 0 fully saturated rings. The third-order valence-corrected chi connectivity index (χ3v) is 7.16. The minimum Gasteiger partial charge on any atom is -0.361 e. The molecule has 5 rings (SSSR count). The van der Waals surface area contributed by atoms with E-state index in [1.807, 2.05) is 37.4 Å². The minimum absolute atomic E-state index is 0.0726. The van der Waals surface area contributed by atoms with Gasteiger partial charge in [0, 0.05) is 35.5 Å². The van der Waals surface area contributed by atoms with Gasteiger partial charge >= 0.3 is 0 Å². The van der Waals surface area contributed by atoms with Crippen molar-refractivity contribution in [3.05, 3.63) is 83.4 Å². The molecule has 2 N–H and O–H groups in total. The number of aromatic nitrogens is 4. The Hall–Kier alpha value is -3.98. The van der Waals surface area contributed by atoms with Gasteiger partial charge < -0.3 is 10.3 Å². The quantitative estimate of drug-likeness (QED) is 0.393. The van der Waals surface area contributed by atoms with E-state index in [9.17, 15) is 13.2 Å². The number of sulfone groups is 1. The molecule has 0 aliphatic carbocycles. The van der Waals surface area contributed by atoms with E-state index in [2.05, 4.69) is 20.3 Å². The van der Waals surface area contributed by atoms with Gasteiger partial charge in [0.1, 0.15) is 10.5 Å². The molecule has 8 nitrogen and oxygen atoms in total. The van der Waals surface area contributed by atoms with Crippen molar-refractivity contribution < 1.29 is 8.42 Å². The lowest BCUT2D eigenvalue weighted by Crippen LogP contribution is -2.27. The summed E-state index contributed by atoms with van der Waals surface area (Å²) < 4.78 is 27.8. The Labute approximate surface area is 189 Å². The number of benzene rings is 2. The number of aryl methyl sites for hydroxylation is 1. The number of fused-ring (bicyclic) bond motifs is 2. The zero-order valence-corrected chi connectivity index (χ0v) is 18.6. The molecule has 0 bridgehead atoms. The molecular weight excluding hydrogens is 438 g/mol. The number of hydrogen-bond acceptors (Lipinski definition) is 6. The summed E-state index contributed by atoms with van der Waals surface area (Å²) in [4.78, 5) is 25.1. The highest BCUT2D eigenvalue weighted by Crippen LogP contribution is 2.24. The van der Waals surface area contributed by atoms with Crippen LogP contribution in [0.15, 0.2) is 87.6 Å². The van der Waals surface area contributed by atoms with Gasteiger partial charge in [-0.05, 0) is 48.2 Å². The largest absolute Gasteiger partial charge is 0.361 e. The van der Waals surface area contributed by atoms with E-state index in [1.165, 1.54) is 29.0 Å². The van der Waals surface area contributed by atoms with E-state index in [1.54, 1.807) is 18.2 Å². The molecule has 0 saturated heterocycles. The maximum Gasteiger partial charge on any atom is 0.271 e. The normalized spacial score (nSPS) is 11.8. The van der Waals surface area contributed by atoms with Gasteiger partial charge in [0.2, 0.25) is 15.8 Å². The van der Waals surface area contributed by atoms with Gasteiger partial charge in [0.15, 0.2) is 0 Å². The number of anilines is 2. The second kappa shape index (κ2) is 8.18. The number of nitrogens with zero attached hydrogens (tertiary/aromatic N) is 3. The maximum absolute atomic E-state index is 13.3. The van der Waals surface area contributed by atoms with Crippen LogP contribution < -0.4 is 10.9 Å². The first kappa shape index (κ1) is 20.9. The summed E-state index contributed by atoms with van der Waals surface area (Å²) in [6.45, 7) is 2.25. The van der Waals surface area contributed by atoms with Crippen molar-refractivity contribution in [1.29, 1.82) is 0 Å². The van der Waals surface area contributed by atoms with E-state index in [4.69, 9.17) is 0 Å². The molecule has 9 heteroatoms. The fourth-order valence-electron chi connectivity index (χ4n) is 3.80. The van der Waals surface area contributed by atoms with Gasteiger partial charge in [-0.2, -0.15) is 4.98 Å². The molecule has 0 amide bonds. The smallest absolute Gasteiger partial charge is 0.271 e. The highest BCUT2D eigenvalue weighted by molar-refractivity contribution is 7.91. The molecule has 0 spiro atoms. The van der Waals surface area contributed by atoms with Crippen molar-refractivity contribution in [3.63, 3.8) is 0 Å². The summed E-state index contributed by atoms with van der Waals surface area (Å²) in [6, 6.07) is 17.1. The number of rotatable bonds is 6. The lowest BCUT2D eigenvalue weighted by atomic mass is 10.2. The van der Waals surface area contributed by atoms with Crippen LogP contribution in [0, 0.1) is 0 Å². The highest BCUT2D eigenvalue weighted by Gasteiger charge is 2.24. The summed E-state index contributed by atoms with van der Waals surface area (Å²) in [5.41, 5.74) is 1.55. The van der Waals surface area contributed by atoms with Crippen LogP contribution in [0.25, 0.3) is 21.9 Å². The van der Waals surface area contributed by atoms with Crippen LogP contribution in [0.5, 0.6) is 0 Å². The van der Waals surface area contributed by atoms with Crippen LogP contribution in [0.2, 0.25) is 0 Å². The third kappa shape index (κ3) is 3.76. The summed E-state index contributed by atoms with van der Waals surface area (Å²) in [5.74, 6) is 0.316. The maximum atomic E-state index is 13.3. The number of aromatic amines is 1. The molecule has 3 aromatic heterocycles. The predicted octanol–water partition coefficient (Wildman–Crippen LogP) is 4.26. The Morgan fingerprint density at radius 2 is 1.85 bits per heavy atom. The lowest BCUT2D eigenvalue weighted by Gasteiger charge is -2.13. The minimum atomic E-state index is -3.98. The zero-order chi connectivity index (χ0) is 23.0. The standard InChI is InChI=1S/C24H21N5O3S/c1-2-12-29-22-17(13-21(23(29)30)33(31,32)19-6-4-3-5-7-19)15-26-24(28-22)27-18-9-8-16-10-11-25-20(16)14-18/h3-11,13-15,25H,2,12H2,1H3,(H,26,27,28). The molecule has 0 aliphatic heterocycles. The second-order valence-electron chi connectivity index (χ2n) is 7.66. The van der Waals surface area contributed by atoms with Crippen LogP contribution in [0.3, 0.4) is 0 Å². The molecule has 0 atom stereocenters. The van der Waals surface area contributed by atoms with Crippen LogP contribution >= 0.6 is 0 Å². The van der Waals surface area contributed by atoms with Crippen LogP contribution in [-0.4, -0.2) is 27.9 Å². The van der Waals surface area contributed by atoms with E-state index >= 15 is 0 Å². The SMILES string of the molecule is CCCn1c(=O)c(S(=O)(=O)c2ccccc2)cc2cnc(Nc3ccc4cc[nH]c4c3)nc21. The first-order valence-electron chi connectivity index (χ1n) is 10.5. The Bertz CT molecular complexity index is 1640. The third-order valence-electron chi connectivity index (χ3n) is 5.40. The van der Waals surface area contributed by atoms with Gasteiger partial charge in [-0.25, -0.2) is 13.4 Å². The molecule has 0 saturated carbocycles. The molecule has 33 heavy (non-hydrogen) atoms. The Morgan fingerprint density at radius 3 is 2.64 bits per heavy atom. The van der Waals surface area contributed by atoms with Crippen LogP contribution in [0.4, 0.5) is 11.6 Å². The molecule has 2 aromatic carbocycles. The summed E-state index contributed by atoms with van der Waals surface area (Å²) >= 11 is 0. The fraction of sp³-hybridized carbons (Fsp3) is 0.125. The van der Waals surface area contributed by atoms with E-state index < -0.39 is 15.4 Å². The Kier molecular flexibility index (Phi) is 5.18. The predicted molar refractivity (Wildman–Crippen MR) is 128 cm³/mol. The van der Waals surface area contributed by atoms with Gasteiger partial charge in [0.05, 0.1) is 4.90 Å². The molecule has 0 aliphatic rings. The van der Waals surface area contributed by atoms with Crippen LogP contribution in [0.1, 0.15) is 13.3 Å². The molecule has 5 aromatic rings. The number of hydrogen-bond donors (Lipinski definition) is 2. The van der Waals surface area contributed by atoms with Crippen LogP contribution in [-0.2, 0) is 16.4 Å². The summed E-state index contributed by atoms with van der Waals surface area (Å²) in [6.07, 6.45) is 4.04. The van der Waals surface area contributed by atoms with Crippen molar-refractivity contribution in [2.45, 2.75) is 29.7 Å². The molecule has 166 valence electrons. The average molecular weight is 460 g/mol. The van der Waals surface area contributed by atoms with E-state index in [-0.39, 0.29) is 9.79 Å². The molecule has 0 unspecified atom stereocenters. The average Bonchev–Trinajstić information content (AvgIpc) is 3.29. The molecule has 0 radical (unpaired) electrons. The van der Waals surface area contributed by atoms with Gasteiger partial charge in [-0.3, -0.25) is 9.36 Å². The number of pyridine rings is 1. The van der Waals surface area contributed by atoms with Crippen molar-refractivity contribution in [2.24, 2.45) is 0 Å². The van der Waals surface area contributed by atoms with Crippen molar-refractivity contribution in [2.75, 3.05) is 5.32 Å². The van der Waals surface area contributed by atoms with E-state index in [0.29, 0.717) is 29.9 Å². The second-order valence-corrected chi connectivity index (χ2v) is 9.58. The van der Waals surface area contributed by atoms with E-state index in [0.717, 1.165) is 16.6 Å². The fourth-order valence-corrected chi connectivity index (χ4v) is 5.19. The Balaban J connectivity index is 1.62. The molecular formula is C24H21N5O3S. The summed E-state index contributed by atoms with van der Waals surface area (Å²) in [5, 5.41) is 4.72. The molecule has 3 heterocycles. The van der Waals surface area contributed by atoms with Gasteiger partial charge in [0.25, 0.3) is 5.56 Å². The zero-order valence-electron chi connectivity index (χ0n) is 17.8. The van der Waals surface area contributed by atoms with Gasteiger partial charge in [-0.15, -0.1) is 0 Å². The van der Waals surface area contributed by atoms with Crippen molar-refractivity contribution >= 4 is 43.4 Å².